The molecule has 4 nitrogen and oxygen atoms in total. The van der Waals surface area contributed by atoms with E-state index in [0.29, 0.717) is 19.0 Å². The van der Waals surface area contributed by atoms with E-state index in [4.69, 9.17) is 5.73 Å². The van der Waals surface area contributed by atoms with Crippen molar-refractivity contribution in [3.05, 3.63) is 0 Å². The van der Waals surface area contributed by atoms with Crippen LogP contribution in [0.2, 0.25) is 0 Å². The first-order valence-electron chi connectivity index (χ1n) is 6.43. The summed E-state index contributed by atoms with van der Waals surface area (Å²) in [5, 5.41) is 3.99. The van der Waals surface area contributed by atoms with Crippen LogP contribution in [0.4, 0.5) is 0 Å². The molecule has 1 rings (SSSR count). The molecule has 1 aliphatic rings. The average Bonchev–Trinajstić information content (AvgIpc) is 2.31. The Morgan fingerprint density at radius 1 is 1.31 bits per heavy atom. The van der Waals surface area contributed by atoms with E-state index in [2.05, 4.69) is 11.9 Å². The second kappa shape index (κ2) is 6.86. The van der Waals surface area contributed by atoms with Crippen molar-refractivity contribution in [3.8, 4) is 0 Å². The summed E-state index contributed by atoms with van der Waals surface area (Å²) in [5.41, 5.74) is 5.42. The van der Waals surface area contributed by atoms with E-state index in [9.17, 15) is 4.79 Å². The molecule has 0 unspecified atom stereocenters. The van der Waals surface area contributed by atoms with Crippen molar-refractivity contribution in [1.29, 1.82) is 0 Å². The first-order valence-corrected chi connectivity index (χ1v) is 6.43. The van der Waals surface area contributed by atoms with Gasteiger partial charge in [-0.3, -0.25) is 9.80 Å². The zero-order valence-electron chi connectivity index (χ0n) is 10.6. The van der Waals surface area contributed by atoms with Crippen molar-refractivity contribution in [2.24, 2.45) is 5.73 Å². The molecule has 0 bridgehead atoms. The number of carbonyl (C=O) groups excluding carboxylic acids is 1. The number of carbonyl (C=O) groups is 1. The summed E-state index contributed by atoms with van der Waals surface area (Å²) in [4.78, 5) is 11.8. The fraction of sp³-hybridized carbons (Fsp3) is 0.917. The lowest BCUT2D eigenvalue weighted by atomic mass is 9.95. The molecule has 2 N–H and O–H groups in total. The Kier molecular flexibility index (Phi) is 5.77. The predicted molar refractivity (Wildman–Crippen MR) is 65.7 cm³/mol. The van der Waals surface area contributed by atoms with E-state index in [-0.39, 0.29) is 5.91 Å². The Labute approximate surface area is 98.7 Å². The van der Waals surface area contributed by atoms with Crippen molar-refractivity contribution in [2.75, 3.05) is 20.1 Å². The molecule has 4 heteroatoms. The highest BCUT2D eigenvalue weighted by atomic mass is 16.2. The van der Waals surface area contributed by atoms with Gasteiger partial charge < -0.3 is 5.73 Å². The fourth-order valence-corrected chi connectivity index (χ4v) is 2.52. The highest BCUT2D eigenvalue weighted by molar-refractivity contribution is 5.75. The third-order valence-electron chi connectivity index (χ3n) is 3.42. The molecular weight excluding hydrogens is 202 g/mol. The van der Waals surface area contributed by atoms with Crippen LogP contribution in [0.1, 0.15) is 45.4 Å². The number of hydrogen-bond donors (Lipinski definition) is 1. The minimum absolute atomic E-state index is 0.134. The van der Waals surface area contributed by atoms with Gasteiger partial charge >= 0.3 is 0 Å². The van der Waals surface area contributed by atoms with E-state index in [1.807, 2.05) is 7.05 Å². The van der Waals surface area contributed by atoms with Crippen molar-refractivity contribution in [3.63, 3.8) is 0 Å². The maximum absolute atomic E-state index is 11.8. The van der Waals surface area contributed by atoms with Gasteiger partial charge in [0.25, 0.3) is 0 Å². The number of nitrogens with two attached hydrogens (primary N) is 1. The Balaban J connectivity index is 2.53. The molecule has 16 heavy (non-hydrogen) atoms. The third-order valence-corrected chi connectivity index (χ3v) is 3.42. The van der Waals surface area contributed by atoms with Crippen LogP contribution >= 0.6 is 0 Å². The van der Waals surface area contributed by atoms with Gasteiger partial charge in [0.1, 0.15) is 0 Å². The third kappa shape index (κ3) is 3.46. The summed E-state index contributed by atoms with van der Waals surface area (Å²) >= 11 is 0. The molecule has 0 saturated heterocycles. The molecule has 1 fully saturated rings. The zero-order chi connectivity index (χ0) is 12.0. The van der Waals surface area contributed by atoms with Crippen LogP contribution in [0.3, 0.4) is 0 Å². The smallest absolute Gasteiger partial charge is 0.237 e. The number of nitrogens with zero attached hydrogens (tertiary/aromatic N) is 2. The van der Waals surface area contributed by atoms with Crippen LogP contribution in [0.5, 0.6) is 0 Å². The Bertz CT molecular complexity index is 214. The highest BCUT2D eigenvalue weighted by Gasteiger charge is 2.25. The summed E-state index contributed by atoms with van der Waals surface area (Å²) in [6.07, 6.45) is 6.80. The van der Waals surface area contributed by atoms with Gasteiger partial charge in [0, 0.05) is 32.6 Å². The first-order chi connectivity index (χ1) is 7.70. The van der Waals surface area contributed by atoms with Crippen molar-refractivity contribution in [1.82, 2.24) is 10.0 Å². The highest BCUT2D eigenvalue weighted by Crippen LogP contribution is 2.23. The number of rotatable bonds is 5. The number of hydrazine groups is 1. The normalized spacial score (nSPS) is 17.8. The summed E-state index contributed by atoms with van der Waals surface area (Å²) in [6.45, 7) is 3.45. The van der Waals surface area contributed by atoms with Crippen LogP contribution in [-0.4, -0.2) is 42.1 Å². The molecule has 1 amide bonds. The minimum Gasteiger partial charge on any atom is -0.330 e. The van der Waals surface area contributed by atoms with Gasteiger partial charge in [0.05, 0.1) is 0 Å². The van der Waals surface area contributed by atoms with Crippen molar-refractivity contribution in [2.45, 2.75) is 51.5 Å². The van der Waals surface area contributed by atoms with Crippen LogP contribution < -0.4 is 5.73 Å². The molecule has 0 radical (unpaired) electrons. The molecule has 0 aromatic rings. The molecule has 1 aliphatic carbocycles. The van der Waals surface area contributed by atoms with E-state index in [1.54, 1.807) is 5.01 Å². The zero-order valence-corrected chi connectivity index (χ0v) is 10.6. The molecule has 0 aromatic heterocycles. The monoisotopic (exact) mass is 227 g/mol. The van der Waals surface area contributed by atoms with Gasteiger partial charge in [-0.25, -0.2) is 5.01 Å². The molecule has 0 heterocycles. The first kappa shape index (κ1) is 13.5. The lowest BCUT2D eigenvalue weighted by Crippen LogP contribution is -2.50. The van der Waals surface area contributed by atoms with Crippen LogP contribution in [0, 0.1) is 0 Å². The van der Waals surface area contributed by atoms with E-state index in [0.717, 1.165) is 6.54 Å². The molecular formula is C12H25N3O. The van der Waals surface area contributed by atoms with Gasteiger partial charge in [-0.15, -0.1) is 0 Å². The van der Waals surface area contributed by atoms with Crippen molar-refractivity contribution >= 4 is 5.91 Å². The topological polar surface area (TPSA) is 49.6 Å². The standard InChI is InChI=1S/C12H25N3O/c1-3-15(11-7-5-4-6-8-11)14(2)12(16)9-10-13/h11H,3-10,13H2,1-2H3. The maximum Gasteiger partial charge on any atom is 0.237 e. The fourth-order valence-electron chi connectivity index (χ4n) is 2.52. The number of hydrogen-bond acceptors (Lipinski definition) is 3. The van der Waals surface area contributed by atoms with Gasteiger partial charge in [0.15, 0.2) is 0 Å². The summed E-state index contributed by atoms with van der Waals surface area (Å²) in [5.74, 6) is 0.134. The molecule has 0 atom stereocenters. The maximum atomic E-state index is 11.8. The van der Waals surface area contributed by atoms with E-state index in [1.165, 1.54) is 32.1 Å². The Hall–Kier alpha value is -0.610. The van der Waals surface area contributed by atoms with Crippen molar-refractivity contribution < 1.29 is 4.79 Å². The second-order valence-electron chi connectivity index (χ2n) is 4.50. The summed E-state index contributed by atoms with van der Waals surface area (Å²) in [6, 6.07) is 0.547. The lowest BCUT2D eigenvalue weighted by molar-refractivity contribution is -0.150. The van der Waals surface area contributed by atoms with E-state index < -0.39 is 0 Å². The Morgan fingerprint density at radius 3 is 2.44 bits per heavy atom. The van der Waals surface area contributed by atoms with Crippen LogP contribution in [-0.2, 0) is 4.79 Å². The van der Waals surface area contributed by atoms with Gasteiger partial charge in [-0.1, -0.05) is 26.2 Å². The molecule has 1 saturated carbocycles. The van der Waals surface area contributed by atoms with Crippen LogP contribution in [0.25, 0.3) is 0 Å². The SMILES string of the molecule is CCN(C1CCCCC1)N(C)C(=O)CCN. The largest absolute Gasteiger partial charge is 0.330 e. The quantitative estimate of drug-likeness (QED) is 0.722. The van der Waals surface area contributed by atoms with Gasteiger partial charge in [0.2, 0.25) is 5.91 Å². The average molecular weight is 227 g/mol. The Morgan fingerprint density at radius 2 is 1.94 bits per heavy atom. The second-order valence-corrected chi connectivity index (χ2v) is 4.50. The minimum atomic E-state index is 0.134. The van der Waals surface area contributed by atoms with Gasteiger partial charge in [-0.05, 0) is 12.8 Å². The summed E-state index contributed by atoms with van der Waals surface area (Å²) < 4.78 is 0. The van der Waals surface area contributed by atoms with Crippen LogP contribution in [0.15, 0.2) is 0 Å². The lowest BCUT2D eigenvalue weighted by Gasteiger charge is -2.39. The molecule has 0 spiro atoms. The number of amides is 1. The van der Waals surface area contributed by atoms with Gasteiger partial charge in [-0.2, -0.15) is 0 Å². The molecule has 0 aliphatic heterocycles. The molecule has 94 valence electrons. The predicted octanol–water partition coefficient (Wildman–Crippen LogP) is 1.36. The summed E-state index contributed by atoms with van der Waals surface area (Å²) in [7, 11) is 1.87. The van der Waals surface area contributed by atoms with E-state index >= 15 is 0 Å². The molecule has 0 aromatic carbocycles.